The summed E-state index contributed by atoms with van der Waals surface area (Å²) in [5, 5.41) is 3.61. The fraction of sp³-hybridized carbons (Fsp3) is 0.500. The van der Waals surface area contributed by atoms with Gasteiger partial charge in [-0.2, -0.15) is 0 Å². The summed E-state index contributed by atoms with van der Waals surface area (Å²) in [6.45, 7) is 6.42. The van der Waals surface area contributed by atoms with E-state index in [2.05, 4.69) is 12.2 Å². The molecule has 0 aromatic heterocycles. The fourth-order valence-electron chi connectivity index (χ4n) is 4.14. The first kappa shape index (κ1) is 29.2. The molecule has 9 heteroatoms. The highest BCUT2D eigenvalue weighted by molar-refractivity contribution is 8.14. The van der Waals surface area contributed by atoms with E-state index in [0.717, 1.165) is 48.3 Å². The average molecular weight is 546 g/mol. The lowest BCUT2D eigenvalue weighted by atomic mass is 9.85. The minimum atomic E-state index is -3.52. The number of ether oxygens (including phenoxy) is 1. The standard InChI is InChI=1S/C28H39N3O4S2/c1-6-7-8-9-18-31(4)37(33,34)24-16-10-21(11-17-24)19-28(2,3)26(32)30-27-29-25(20-36-27)22-12-14-23(35-5)15-13-22/h10-17,25H,6-9,18-20H2,1-5H3,(H,29,30,32). The Morgan fingerprint density at radius 3 is 2.41 bits per heavy atom. The van der Waals surface area contributed by atoms with Crippen molar-refractivity contribution in [3.05, 3.63) is 59.7 Å². The highest BCUT2D eigenvalue weighted by Crippen LogP contribution is 2.31. The number of carbonyl (C=O) groups is 1. The Balaban J connectivity index is 1.58. The summed E-state index contributed by atoms with van der Waals surface area (Å²) in [4.78, 5) is 18.1. The molecule has 1 N–H and O–H groups in total. The van der Waals surface area contributed by atoms with Crippen molar-refractivity contribution in [1.29, 1.82) is 0 Å². The van der Waals surface area contributed by atoms with Crippen molar-refractivity contribution in [1.82, 2.24) is 9.62 Å². The third-order valence-electron chi connectivity index (χ3n) is 6.59. The van der Waals surface area contributed by atoms with Crippen LogP contribution in [0.25, 0.3) is 0 Å². The zero-order valence-corrected chi connectivity index (χ0v) is 24.1. The predicted molar refractivity (Wildman–Crippen MR) is 152 cm³/mol. The van der Waals surface area contributed by atoms with Crippen LogP contribution in [-0.4, -0.2) is 50.3 Å². The maximum Gasteiger partial charge on any atom is 0.242 e. The maximum absolute atomic E-state index is 13.1. The average Bonchev–Trinajstić information content (AvgIpc) is 3.35. The molecule has 0 saturated carbocycles. The molecule has 0 bridgehead atoms. The van der Waals surface area contributed by atoms with Gasteiger partial charge in [0.05, 0.1) is 18.0 Å². The zero-order valence-electron chi connectivity index (χ0n) is 22.5. The second kappa shape index (κ2) is 12.9. The van der Waals surface area contributed by atoms with E-state index in [0.29, 0.717) is 18.1 Å². The molecule has 37 heavy (non-hydrogen) atoms. The van der Waals surface area contributed by atoms with Gasteiger partial charge in [-0.3, -0.25) is 9.79 Å². The van der Waals surface area contributed by atoms with Gasteiger partial charge in [0.15, 0.2) is 5.17 Å². The number of hydrogen-bond acceptors (Lipinski definition) is 6. The minimum Gasteiger partial charge on any atom is -0.497 e. The van der Waals surface area contributed by atoms with E-state index in [1.54, 1.807) is 38.4 Å². The van der Waals surface area contributed by atoms with Crippen molar-refractivity contribution >= 4 is 32.9 Å². The summed E-state index contributed by atoms with van der Waals surface area (Å²) in [7, 11) is -0.254. The number of unbranched alkanes of at least 4 members (excludes halogenated alkanes) is 3. The van der Waals surface area contributed by atoms with E-state index in [1.807, 2.05) is 38.1 Å². The maximum atomic E-state index is 13.1. The largest absolute Gasteiger partial charge is 0.497 e. The molecule has 1 unspecified atom stereocenters. The molecule has 1 atom stereocenters. The molecule has 0 aliphatic carbocycles. The lowest BCUT2D eigenvalue weighted by Gasteiger charge is -2.24. The lowest BCUT2D eigenvalue weighted by molar-refractivity contribution is -0.127. The van der Waals surface area contributed by atoms with E-state index in [1.165, 1.54) is 16.1 Å². The number of methoxy groups -OCH3 is 1. The predicted octanol–water partition coefficient (Wildman–Crippen LogP) is 5.43. The first-order valence-electron chi connectivity index (χ1n) is 12.8. The van der Waals surface area contributed by atoms with Gasteiger partial charge in [-0.1, -0.05) is 76.1 Å². The van der Waals surface area contributed by atoms with Crippen LogP contribution in [0.1, 0.15) is 63.6 Å². The number of carbonyl (C=O) groups excluding carboxylic acids is 1. The van der Waals surface area contributed by atoms with Gasteiger partial charge in [-0.05, 0) is 48.2 Å². The number of sulfonamides is 1. The number of amides is 1. The van der Waals surface area contributed by atoms with Crippen LogP contribution in [0.4, 0.5) is 0 Å². The molecule has 7 nitrogen and oxygen atoms in total. The van der Waals surface area contributed by atoms with Gasteiger partial charge in [-0.15, -0.1) is 0 Å². The van der Waals surface area contributed by atoms with Gasteiger partial charge in [0, 0.05) is 24.8 Å². The van der Waals surface area contributed by atoms with Crippen LogP contribution in [-0.2, 0) is 21.2 Å². The van der Waals surface area contributed by atoms with Crippen molar-refractivity contribution in [2.45, 2.75) is 63.8 Å². The smallest absolute Gasteiger partial charge is 0.242 e. The van der Waals surface area contributed by atoms with Crippen LogP contribution in [0.2, 0.25) is 0 Å². The summed E-state index contributed by atoms with van der Waals surface area (Å²) >= 11 is 1.54. The van der Waals surface area contributed by atoms with Gasteiger partial charge in [-0.25, -0.2) is 12.7 Å². The third-order valence-corrected chi connectivity index (χ3v) is 9.43. The SMILES string of the molecule is CCCCCCN(C)S(=O)(=O)c1ccc(CC(C)(C)C(=O)NC2=NC(c3ccc(OC)cc3)CS2)cc1. The van der Waals surface area contributed by atoms with Crippen molar-refractivity contribution in [2.75, 3.05) is 26.5 Å². The van der Waals surface area contributed by atoms with E-state index in [-0.39, 0.29) is 16.8 Å². The first-order chi connectivity index (χ1) is 17.6. The van der Waals surface area contributed by atoms with Crippen LogP contribution in [0.15, 0.2) is 58.4 Å². The van der Waals surface area contributed by atoms with Gasteiger partial charge in [0.25, 0.3) is 0 Å². The van der Waals surface area contributed by atoms with Gasteiger partial charge < -0.3 is 10.1 Å². The topological polar surface area (TPSA) is 88.1 Å². The third kappa shape index (κ3) is 7.82. The Labute approximate surface area is 226 Å². The molecule has 1 aliphatic rings. The Morgan fingerprint density at radius 2 is 1.78 bits per heavy atom. The minimum absolute atomic E-state index is 0.00594. The highest BCUT2D eigenvalue weighted by atomic mass is 32.2. The van der Waals surface area contributed by atoms with Crippen molar-refractivity contribution in [2.24, 2.45) is 10.4 Å². The molecule has 0 spiro atoms. The molecule has 3 rings (SSSR count). The van der Waals surface area contributed by atoms with Crippen molar-refractivity contribution < 1.29 is 17.9 Å². The number of hydrogen-bond donors (Lipinski definition) is 1. The molecule has 0 saturated heterocycles. The zero-order chi connectivity index (χ0) is 27.1. The van der Waals surface area contributed by atoms with Crippen molar-refractivity contribution in [3.8, 4) is 5.75 Å². The Morgan fingerprint density at radius 1 is 1.11 bits per heavy atom. The Hall–Kier alpha value is -2.36. The Bertz CT molecular complexity index is 1180. The number of nitrogens with zero attached hydrogens (tertiary/aromatic N) is 2. The summed E-state index contributed by atoms with van der Waals surface area (Å²) < 4.78 is 32.4. The quantitative estimate of drug-likeness (QED) is 0.360. The van der Waals surface area contributed by atoms with E-state index in [9.17, 15) is 13.2 Å². The fourth-order valence-corrected chi connectivity index (χ4v) is 6.30. The van der Waals surface area contributed by atoms with Crippen LogP contribution in [0.5, 0.6) is 5.75 Å². The van der Waals surface area contributed by atoms with Gasteiger partial charge in [0.1, 0.15) is 5.75 Å². The number of nitrogens with one attached hydrogen (secondary N) is 1. The molecule has 202 valence electrons. The second-order valence-electron chi connectivity index (χ2n) is 10.1. The molecule has 0 radical (unpaired) electrons. The second-order valence-corrected chi connectivity index (χ2v) is 13.1. The Kier molecular flexibility index (Phi) is 10.2. The molecular formula is C28H39N3O4S2. The van der Waals surface area contributed by atoms with Crippen LogP contribution >= 0.6 is 11.8 Å². The van der Waals surface area contributed by atoms with Gasteiger partial charge in [0.2, 0.25) is 15.9 Å². The molecule has 2 aromatic rings. The number of thioether (sulfide) groups is 1. The van der Waals surface area contributed by atoms with Crippen LogP contribution in [0, 0.1) is 5.41 Å². The molecule has 1 aliphatic heterocycles. The van der Waals surface area contributed by atoms with E-state index < -0.39 is 15.4 Å². The van der Waals surface area contributed by atoms with Crippen molar-refractivity contribution in [3.63, 3.8) is 0 Å². The monoisotopic (exact) mass is 545 g/mol. The summed E-state index contributed by atoms with van der Waals surface area (Å²) in [5.41, 5.74) is 1.29. The summed E-state index contributed by atoms with van der Waals surface area (Å²) in [5.74, 6) is 1.46. The molecule has 1 amide bonds. The number of benzene rings is 2. The number of amidine groups is 1. The highest BCUT2D eigenvalue weighted by Gasteiger charge is 2.31. The van der Waals surface area contributed by atoms with E-state index >= 15 is 0 Å². The molecular weight excluding hydrogens is 506 g/mol. The summed E-state index contributed by atoms with van der Waals surface area (Å²) in [6, 6.07) is 14.7. The lowest BCUT2D eigenvalue weighted by Crippen LogP contribution is -2.40. The van der Waals surface area contributed by atoms with Crippen LogP contribution in [0.3, 0.4) is 0 Å². The normalized spacial score (nSPS) is 16.1. The van der Waals surface area contributed by atoms with Gasteiger partial charge >= 0.3 is 0 Å². The first-order valence-corrected chi connectivity index (χ1v) is 15.2. The summed E-state index contributed by atoms with van der Waals surface area (Å²) in [6.07, 6.45) is 4.59. The molecule has 1 heterocycles. The van der Waals surface area contributed by atoms with E-state index in [4.69, 9.17) is 9.73 Å². The molecule has 2 aromatic carbocycles. The number of aliphatic imine (C=N–C) groups is 1. The molecule has 0 fully saturated rings. The van der Waals surface area contributed by atoms with Crippen LogP contribution < -0.4 is 10.1 Å². The number of rotatable bonds is 12.